The summed E-state index contributed by atoms with van der Waals surface area (Å²) in [7, 11) is 0. The molecule has 8 heteroatoms. The van der Waals surface area contributed by atoms with E-state index in [1.807, 2.05) is 0 Å². The molecule has 0 saturated carbocycles. The molecular weight excluding hydrogens is 310 g/mol. The van der Waals surface area contributed by atoms with Crippen LogP contribution in [0.5, 0.6) is 5.75 Å². The fourth-order valence-corrected chi connectivity index (χ4v) is 1.96. The van der Waals surface area contributed by atoms with Gasteiger partial charge in [-0.05, 0) is 31.2 Å². The second-order valence-electron chi connectivity index (χ2n) is 4.59. The largest absolute Gasteiger partial charge is 0.433 e. The number of nitrogens with one attached hydrogen (secondary N) is 1. The van der Waals surface area contributed by atoms with Crippen LogP contribution >= 0.6 is 0 Å². The molecule has 0 fully saturated rings. The second-order valence-corrected chi connectivity index (χ2v) is 4.59. The van der Waals surface area contributed by atoms with Gasteiger partial charge in [-0.15, -0.1) is 0 Å². The summed E-state index contributed by atoms with van der Waals surface area (Å²) in [6, 6.07) is 9.60. The van der Waals surface area contributed by atoms with Gasteiger partial charge in [-0.3, -0.25) is 14.9 Å². The molecule has 0 spiro atoms. The van der Waals surface area contributed by atoms with E-state index in [0.717, 1.165) is 0 Å². The molecule has 0 radical (unpaired) electrons. The molecule has 0 atom stereocenters. The van der Waals surface area contributed by atoms with Crippen molar-refractivity contribution in [2.45, 2.75) is 13.5 Å². The lowest BCUT2D eigenvalue weighted by Crippen LogP contribution is -2.14. The van der Waals surface area contributed by atoms with Gasteiger partial charge in [-0.25, -0.2) is 0 Å². The number of carbonyl (C=O) groups excluding carboxylic acids is 1. The number of amides is 1. The molecule has 2 aromatic rings. The molecule has 0 aliphatic carbocycles. The number of carbonyl (C=O) groups is 1. The Labute approximate surface area is 129 Å². The summed E-state index contributed by atoms with van der Waals surface area (Å²) in [4.78, 5) is 22.4. The molecule has 23 heavy (non-hydrogen) atoms. The molecule has 0 aromatic heterocycles. The average molecular weight is 322 g/mol. The van der Waals surface area contributed by atoms with Crippen molar-refractivity contribution >= 4 is 17.3 Å². The number of ether oxygens (including phenoxy) is 1. The number of rotatable bonds is 5. The Morgan fingerprint density at radius 1 is 1.26 bits per heavy atom. The van der Waals surface area contributed by atoms with Crippen LogP contribution in [0.2, 0.25) is 0 Å². The predicted octanol–water partition coefficient (Wildman–Crippen LogP) is 3.76. The number of nitro groups is 1. The third-order valence-electron chi connectivity index (χ3n) is 3.01. The van der Waals surface area contributed by atoms with Crippen molar-refractivity contribution in [3.05, 3.63) is 63.7 Å². The number of nitro benzene ring substituents is 1. The number of para-hydroxylation sites is 2. The SMILES string of the molecule is Cc1cc(C(=O)Nc2ccccc2OC(F)F)ccc1[N+](=O)[O-]. The van der Waals surface area contributed by atoms with E-state index in [4.69, 9.17) is 0 Å². The standard InChI is InChI=1S/C15H12F2N2O4/c1-9-8-10(6-7-12(9)19(21)22)14(20)18-11-4-2-3-5-13(11)23-15(16)17/h2-8,15H,1H3,(H,18,20). The van der Waals surface area contributed by atoms with Gasteiger partial charge in [0.1, 0.15) is 5.75 Å². The predicted molar refractivity (Wildman–Crippen MR) is 78.9 cm³/mol. The molecule has 0 heterocycles. The maximum absolute atomic E-state index is 12.3. The van der Waals surface area contributed by atoms with E-state index in [1.54, 1.807) is 6.07 Å². The average Bonchev–Trinajstić information content (AvgIpc) is 2.48. The Kier molecular flexibility index (Phi) is 4.85. The minimum atomic E-state index is -3.02. The van der Waals surface area contributed by atoms with Crippen molar-refractivity contribution in [1.82, 2.24) is 0 Å². The van der Waals surface area contributed by atoms with Gasteiger partial charge < -0.3 is 10.1 Å². The molecule has 0 saturated heterocycles. The molecule has 6 nitrogen and oxygen atoms in total. The molecular formula is C15H12F2N2O4. The van der Waals surface area contributed by atoms with Gasteiger partial charge in [0.05, 0.1) is 10.6 Å². The van der Waals surface area contributed by atoms with Crippen molar-refractivity contribution in [1.29, 1.82) is 0 Å². The summed E-state index contributed by atoms with van der Waals surface area (Å²) in [6.07, 6.45) is 0. The minimum absolute atomic E-state index is 0.0776. The Bertz CT molecular complexity index is 750. The van der Waals surface area contributed by atoms with E-state index in [2.05, 4.69) is 10.1 Å². The number of hydrogen-bond acceptors (Lipinski definition) is 4. The van der Waals surface area contributed by atoms with Crippen molar-refractivity contribution < 1.29 is 23.2 Å². The number of aryl methyl sites for hydroxylation is 1. The first-order valence-electron chi connectivity index (χ1n) is 6.48. The van der Waals surface area contributed by atoms with Crippen LogP contribution in [0, 0.1) is 17.0 Å². The molecule has 0 aliphatic rings. The van der Waals surface area contributed by atoms with Crippen LogP contribution in [0.25, 0.3) is 0 Å². The first kappa shape index (κ1) is 16.3. The summed E-state index contributed by atoms with van der Waals surface area (Å²) >= 11 is 0. The molecule has 0 unspecified atom stereocenters. The fourth-order valence-electron chi connectivity index (χ4n) is 1.96. The third-order valence-corrected chi connectivity index (χ3v) is 3.01. The van der Waals surface area contributed by atoms with Gasteiger partial charge in [-0.1, -0.05) is 12.1 Å². The molecule has 2 rings (SSSR count). The van der Waals surface area contributed by atoms with Crippen LogP contribution in [-0.2, 0) is 0 Å². The van der Waals surface area contributed by atoms with E-state index >= 15 is 0 Å². The van der Waals surface area contributed by atoms with Gasteiger partial charge in [0.2, 0.25) is 0 Å². The van der Waals surface area contributed by atoms with Crippen LogP contribution < -0.4 is 10.1 Å². The van der Waals surface area contributed by atoms with Crippen LogP contribution in [0.1, 0.15) is 15.9 Å². The number of hydrogen-bond donors (Lipinski definition) is 1. The number of alkyl halides is 2. The topological polar surface area (TPSA) is 81.5 Å². The van der Waals surface area contributed by atoms with Crippen molar-refractivity contribution in [3.63, 3.8) is 0 Å². The molecule has 120 valence electrons. The maximum atomic E-state index is 12.3. The second kappa shape index (κ2) is 6.82. The van der Waals surface area contributed by atoms with Crippen molar-refractivity contribution in [2.24, 2.45) is 0 Å². The minimum Gasteiger partial charge on any atom is -0.433 e. The zero-order valence-electron chi connectivity index (χ0n) is 12.0. The van der Waals surface area contributed by atoms with E-state index in [-0.39, 0.29) is 22.7 Å². The van der Waals surface area contributed by atoms with Crippen LogP contribution in [0.4, 0.5) is 20.2 Å². The molecule has 1 N–H and O–H groups in total. The normalized spacial score (nSPS) is 10.4. The number of anilines is 1. The first-order chi connectivity index (χ1) is 10.9. The lowest BCUT2D eigenvalue weighted by Gasteiger charge is -2.11. The van der Waals surface area contributed by atoms with Gasteiger partial charge in [0, 0.05) is 17.2 Å². The smallest absolute Gasteiger partial charge is 0.387 e. The molecule has 0 aliphatic heterocycles. The van der Waals surface area contributed by atoms with Crippen LogP contribution in [0.15, 0.2) is 42.5 Å². The Morgan fingerprint density at radius 3 is 2.57 bits per heavy atom. The summed E-state index contributed by atoms with van der Waals surface area (Å²) < 4.78 is 29.0. The van der Waals surface area contributed by atoms with Crippen LogP contribution in [-0.4, -0.2) is 17.4 Å². The quantitative estimate of drug-likeness (QED) is 0.671. The lowest BCUT2D eigenvalue weighted by molar-refractivity contribution is -0.385. The third kappa shape index (κ3) is 4.00. The Morgan fingerprint density at radius 2 is 1.96 bits per heavy atom. The Balaban J connectivity index is 2.23. The number of halogens is 2. The highest BCUT2D eigenvalue weighted by atomic mass is 19.3. The molecule has 0 bridgehead atoms. The van der Waals surface area contributed by atoms with E-state index in [9.17, 15) is 23.7 Å². The van der Waals surface area contributed by atoms with E-state index in [0.29, 0.717) is 5.56 Å². The van der Waals surface area contributed by atoms with Gasteiger partial charge in [0.25, 0.3) is 11.6 Å². The van der Waals surface area contributed by atoms with E-state index < -0.39 is 17.4 Å². The molecule has 2 aromatic carbocycles. The van der Waals surface area contributed by atoms with E-state index in [1.165, 1.54) is 43.3 Å². The summed E-state index contributed by atoms with van der Waals surface area (Å²) in [6.45, 7) is -1.52. The number of benzene rings is 2. The monoisotopic (exact) mass is 322 g/mol. The highest BCUT2D eigenvalue weighted by molar-refractivity contribution is 6.05. The van der Waals surface area contributed by atoms with Crippen molar-refractivity contribution in [3.8, 4) is 5.75 Å². The van der Waals surface area contributed by atoms with Crippen molar-refractivity contribution in [2.75, 3.05) is 5.32 Å². The first-order valence-corrected chi connectivity index (χ1v) is 6.48. The zero-order valence-corrected chi connectivity index (χ0v) is 12.0. The maximum Gasteiger partial charge on any atom is 0.387 e. The Hall–Kier alpha value is -3.03. The summed E-state index contributed by atoms with van der Waals surface area (Å²) in [5.41, 5.74) is 0.455. The fraction of sp³-hybridized carbons (Fsp3) is 0.133. The zero-order chi connectivity index (χ0) is 17.0. The van der Waals surface area contributed by atoms with Gasteiger partial charge in [0.15, 0.2) is 0 Å². The van der Waals surface area contributed by atoms with Gasteiger partial charge in [-0.2, -0.15) is 8.78 Å². The lowest BCUT2D eigenvalue weighted by atomic mass is 10.1. The highest BCUT2D eigenvalue weighted by Crippen LogP contribution is 2.26. The highest BCUT2D eigenvalue weighted by Gasteiger charge is 2.16. The summed E-state index contributed by atoms with van der Waals surface area (Å²) in [5, 5.41) is 13.2. The summed E-state index contributed by atoms with van der Waals surface area (Å²) in [5.74, 6) is -0.761. The molecule has 1 amide bonds. The van der Waals surface area contributed by atoms with Crippen LogP contribution in [0.3, 0.4) is 0 Å². The van der Waals surface area contributed by atoms with Gasteiger partial charge >= 0.3 is 6.61 Å². The number of nitrogens with zero attached hydrogens (tertiary/aromatic N) is 1.